The van der Waals surface area contributed by atoms with Crippen molar-refractivity contribution in [1.29, 1.82) is 0 Å². The summed E-state index contributed by atoms with van der Waals surface area (Å²) in [7, 11) is 0. The Morgan fingerprint density at radius 1 is 1.19 bits per heavy atom. The molecule has 0 saturated heterocycles. The summed E-state index contributed by atoms with van der Waals surface area (Å²) in [6.45, 7) is 6.27. The summed E-state index contributed by atoms with van der Waals surface area (Å²) in [5, 5.41) is 4.04. The minimum atomic E-state index is 0.181. The van der Waals surface area contributed by atoms with E-state index in [9.17, 15) is 0 Å². The largest absolute Gasteiger partial charge is 0.368 e. The van der Waals surface area contributed by atoms with Gasteiger partial charge in [0.1, 0.15) is 0 Å². The number of hydrogen-bond donors (Lipinski definition) is 2. The molecule has 0 aliphatic rings. The number of nitrogen functional groups attached to an aromatic ring is 2. The minimum Gasteiger partial charge on any atom is -0.368 e. The van der Waals surface area contributed by atoms with Gasteiger partial charge in [-0.3, -0.25) is 0 Å². The van der Waals surface area contributed by atoms with Crippen LogP contribution in [0.25, 0.3) is 5.65 Å². The van der Waals surface area contributed by atoms with Crippen molar-refractivity contribution in [2.75, 3.05) is 11.5 Å². The lowest BCUT2D eigenvalue weighted by Crippen LogP contribution is -2.07. The molecule has 0 saturated carbocycles. The van der Waals surface area contributed by atoms with Crippen LogP contribution in [-0.2, 0) is 6.42 Å². The van der Waals surface area contributed by atoms with Gasteiger partial charge in [-0.25, -0.2) is 0 Å². The maximum Gasteiger partial charge on any atom is 0.226 e. The second-order valence-electron chi connectivity index (χ2n) is 3.41. The summed E-state index contributed by atoms with van der Waals surface area (Å²) >= 11 is 0. The molecular weight excluding hydrogens is 204 g/mol. The Morgan fingerprint density at radius 3 is 2.38 bits per heavy atom. The van der Waals surface area contributed by atoms with Crippen LogP contribution in [0.3, 0.4) is 0 Å². The highest BCUT2D eigenvalue weighted by molar-refractivity contribution is 5.52. The van der Waals surface area contributed by atoms with Crippen molar-refractivity contribution in [3.05, 3.63) is 11.8 Å². The fraction of sp³-hybridized carbons (Fsp3) is 0.500. The van der Waals surface area contributed by atoms with Gasteiger partial charge in [0.25, 0.3) is 0 Å². The van der Waals surface area contributed by atoms with Gasteiger partial charge in [0.15, 0.2) is 5.65 Å². The SMILES string of the molecule is CCC.CCc1cnn2c(N)nc(N)nc12. The molecule has 2 aromatic heterocycles. The molecule has 0 spiro atoms. The zero-order chi connectivity index (χ0) is 12.1. The van der Waals surface area contributed by atoms with E-state index in [2.05, 4.69) is 28.9 Å². The Labute approximate surface area is 94.7 Å². The summed E-state index contributed by atoms with van der Waals surface area (Å²) < 4.78 is 1.48. The number of rotatable bonds is 1. The van der Waals surface area contributed by atoms with Crippen molar-refractivity contribution < 1.29 is 0 Å². The number of anilines is 2. The standard InChI is InChI=1S/C7H10N6.C3H8/c1-2-4-3-10-13-5(4)11-6(8)12-7(13)9;1-3-2/h3H,2H2,1H3,(H4,8,9,11,12);3H2,1-2H3. The van der Waals surface area contributed by atoms with E-state index in [1.807, 2.05) is 6.92 Å². The summed E-state index contributed by atoms with van der Waals surface area (Å²) in [5.41, 5.74) is 12.8. The first kappa shape index (κ1) is 12.2. The van der Waals surface area contributed by atoms with Gasteiger partial charge in [0.05, 0.1) is 6.20 Å². The molecule has 0 unspecified atom stereocenters. The average molecular weight is 222 g/mol. The van der Waals surface area contributed by atoms with Crippen molar-refractivity contribution in [1.82, 2.24) is 19.6 Å². The molecule has 16 heavy (non-hydrogen) atoms. The first-order valence-electron chi connectivity index (χ1n) is 5.39. The van der Waals surface area contributed by atoms with Crippen LogP contribution in [0.5, 0.6) is 0 Å². The maximum atomic E-state index is 5.59. The fourth-order valence-electron chi connectivity index (χ4n) is 1.21. The molecular formula is C10H18N6. The Bertz CT molecular complexity index is 462. The lowest BCUT2D eigenvalue weighted by atomic mass is 10.3. The molecule has 0 atom stereocenters. The topological polar surface area (TPSA) is 95.1 Å². The Morgan fingerprint density at radius 2 is 1.81 bits per heavy atom. The second-order valence-corrected chi connectivity index (χ2v) is 3.41. The van der Waals surface area contributed by atoms with E-state index in [1.54, 1.807) is 6.20 Å². The molecule has 0 aliphatic carbocycles. The quantitative estimate of drug-likeness (QED) is 0.757. The lowest BCUT2D eigenvalue weighted by molar-refractivity contribution is 0.914. The predicted octanol–water partition coefficient (Wildman–Crippen LogP) is 1.27. The van der Waals surface area contributed by atoms with Crippen molar-refractivity contribution in [2.24, 2.45) is 0 Å². The van der Waals surface area contributed by atoms with Gasteiger partial charge in [-0.2, -0.15) is 19.6 Å². The molecule has 4 N–H and O–H groups in total. The highest BCUT2D eigenvalue weighted by atomic mass is 15.3. The van der Waals surface area contributed by atoms with Crippen LogP contribution in [0.4, 0.5) is 11.9 Å². The van der Waals surface area contributed by atoms with Gasteiger partial charge < -0.3 is 11.5 Å². The maximum absolute atomic E-state index is 5.59. The summed E-state index contributed by atoms with van der Waals surface area (Å²) in [6.07, 6.45) is 3.82. The molecule has 6 heteroatoms. The summed E-state index contributed by atoms with van der Waals surface area (Å²) in [4.78, 5) is 7.85. The highest BCUT2D eigenvalue weighted by Gasteiger charge is 2.07. The molecule has 0 amide bonds. The Balaban J connectivity index is 0.000000386. The third-order valence-electron chi connectivity index (χ3n) is 1.86. The van der Waals surface area contributed by atoms with E-state index >= 15 is 0 Å². The number of fused-ring (bicyclic) bond motifs is 1. The summed E-state index contributed by atoms with van der Waals surface area (Å²) in [5.74, 6) is 0.447. The van der Waals surface area contributed by atoms with Gasteiger partial charge in [-0.05, 0) is 6.42 Å². The molecule has 0 aromatic carbocycles. The third-order valence-corrected chi connectivity index (χ3v) is 1.86. The zero-order valence-electron chi connectivity index (χ0n) is 9.94. The van der Waals surface area contributed by atoms with E-state index in [-0.39, 0.29) is 11.9 Å². The third kappa shape index (κ3) is 2.39. The summed E-state index contributed by atoms with van der Waals surface area (Å²) in [6, 6.07) is 0. The molecule has 6 nitrogen and oxygen atoms in total. The predicted molar refractivity (Wildman–Crippen MR) is 64.9 cm³/mol. The fourth-order valence-corrected chi connectivity index (χ4v) is 1.21. The second kappa shape index (κ2) is 5.29. The zero-order valence-corrected chi connectivity index (χ0v) is 9.94. The van der Waals surface area contributed by atoms with Crippen LogP contribution in [0.15, 0.2) is 6.20 Å². The minimum absolute atomic E-state index is 0.181. The molecule has 88 valence electrons. The van der Waals surface area contributed by atoms with Crippen LogP contribution < -0.4 is 11.5 Å². The van der Waals surface area contributed by atoms with Crippen molar-refractivity contribution in [3.63, 3.8) is 0 Å². The van der Waals surface area contributed by atoms with Gasteiger partial charge in [0.2, 0.25) is 11.9 Å². The van der Waals surface area contributed by atoms with Gasteiger partial charge >= 0.3 is 0 Å². The number of aromatic nitrogens is 4. The van der Waals surface area contributed by atoms with Crippen LogP contribution >= 0.6 is 0 Å². The van der Waals surface area contributed by atoms with E-state index in [0.29, 0.717) is 5.65 Å². The van der Waals surface area contributed by atoms with E-state index < -0.39 is 0 Å². The molecule has 2 rings (SSSR count). The Hall–Kier alpha value is -1.85. The monoisotopic (exact) mass is 222 g/mol. The van der Waals surface area contributed by atoms with E-state index in [0.717, 1.165) is 12.0 Å². The normalized spacial score (nSPS) is 9.94. The van der Waals surface area contributed by atoms with E-state index in [4.69, 9.17) is 11.5 Å². The Kier molecular flexibility index (Phi) is 4.04. The molecule has 0 aliphatic heterocycles. The number of nitrogens with zero attached hydrogens (tertiary/aromatic N) is 4. The van der Waals surface area contributed by atoms with Crippen LogP contribution in [0.1, 0.15) is 32.8 Å². The number of aryl methyl sites for hydroxylation is 1. The number of hydrogen-bond acceptors (Lipinski definition) is 5. The number of nitrogens with two attached hydrogens (primary N) is 2. The average Bonchev–Trinajstić information content (AvgIpc) is 2.62. The molecule has 0 fully saturated rings. The molecule has 0 radical (unpaired) electrons. The molecule has 0 bridgehead atoms. The van der Waals surface area contributed by atoms with Gasteiger partial charge in [-0.15, -0.1) is 0 Å². The lowest BCUT2D eigenvalue weighted by Gasteiger charge is -1.99. The van der Waals surface area contributed by atoms with E-state index in [1.165, 1.54) is 10.9 Å². The van der Waals surface area contributed by atoms with Crippen molar-refractivity contribution in [2.45, 2.75) is 33.6 Å². The molecule has 2 aromatic rings. The van der Waals surface area contributed by atoms with Crippen molar-refractivity contribution >= 4 is 17.5 Å². The smallest absolute Gasteiger partial charge is 0.226 e. The highest BCUT2D eigenvalue weighted by Crippen LogP contribution is 2.11. The van der Waals surface area contributed by atoms with Gasteiger partial charge in [0, 0.05) is 5.56 Å². The van der Waals surface area contributed by atoms with Crippen LogP contribution in [-0.4, -0.2) is 19.6 Å². The van der Waals surface area contributed by atoms with Crippen LogP contribution in [0, 0.1) is 0 Å². The van der Waals surface area contributed by atoms with Crippen molar-refractivity contribution in [3.8, 4) is 0 Å². The molecule has 2 heterocycles. The van der Waals surface area contributed by atoms with Gasteiger partial charge in [-0.1, -0.05) is 27.2 Å². The first-order valence-corrected chi connectivity index (χ1v) is 5.39. The first-order chi connectivity index (χ1) is 7.63. The van der Waals surface area contributed by atoms with Crippen LogP contribution in [0.2, 0.25) is 0 Å².